The summed E-state index contributed by atoms with van der Waals surface area (Å²) in [7, 11) is 0. The summed E-state index contributed by atoms with van der Waals surface area (Å²) < 4.78 is 13.3. The number of aromatic nitrogens is 2. The number of ether oxygens (including phenoxy) is 1. The summed E-state index contributed by atoms with van der Waals surface area (Å²) in [5, 5.41) is 7.10. The largest absolute Gasteiger partial charge is 0.485 e. The van der Waals surface area contributed by atoms with Crippen LogP contribution >= 0.6 is 0 Å². The second-order valence-corrected chi connectivity index (χ2v) is 7.19. The van der Waals surface area contributed by atoms with Gasteiger partial charge in [0.2, 0.25) is 0 Å². The van der Waals surface area contributed by atoms with Gasteiger partial charge in [-0.15, -0.1) is 0 Å². The highest BCUT2D eigenvalue weighted by atomic mass is 16.5. The van der Waals surface area contributed by atoms with Crippen molar-refractivity contribution < 1.29 is 13.9 Å². The van der Waals surface area contributed by atoms with Crippen LogP contribution in [0.3, 0.4) is 0 Å². The van der Waals surface area contributed by atoms with E-state index >= 15 is 0 Å². The molecule has 6 heteroatoms. The molecule has 0 bridgehead atoms. The smallest absolute Gasteiger partial charge is 0.291 e. The van der Waals surface area contributed by atoms with Crippen molar-refractivity contribution in [3.8, 4) is 5.75 Å². The fourth-order valence-electron chi connectivity index (χ4n) is 3.07. The van der Waals surface area contributed by atoms with Crippen molar-refractivity contribution in [3.05, 3.63) is 101 Å². The van der Waals surface area contributed by atoms with E-state index in [-0.39, 0.29) is 18.3 Å². The highest BCUT2D eigenvalue weighted by molar-refractivity contribution is 6.02. The molecule has 2 aromatic heterocycles. The number of nitrogens with one attached hydrogen (secondary N) is 1. The van der Waals surface area contributed by atoms with Crippen LogP contribution in [0.4, 0.5) is 5.69 Å². The second-order valence-electron chi connectivity index (χ2n) is 7.19. The Morgan fingerprint density at radius 2 is 1.93 bits per heavy atom. The van der Waals surface area contributed by atoms with Crippen LogP contribution in [-0.4, -0.2) is 15.7 Å². The maximum atomic E-state index is 12.5. The molecular weight excluding hydrogens is 378 g/mol. The van der Waals surface area contributed by atoms with Gasteiger partial charge in [0.1, 0.15) is 18.1 Å². The SMILES string of the molecule is Cc1ccc(C)c(OCc2ccc(C(=O)Nc3cnn(Cc4ccccc4)c3)o2)c1. The van der Waals surface area contributed by atoms with Crippen LogP contribution in [-0.2, 0) is 13.2 Å². The molecule has 0 saturated carbocycles. The standard InChI is InChI=1S/C24H23N3O3/c1-17-8-9-18(2)23(12-17)29-16-21-10-11-22(30-21)24(28)26-20-13-25-27(15-20)14-19-6-4-3-5-7-19/h3-13,15H,14,16H2,1-2H3,(H,26,28). The maximum absolute atomic E-state index is 12.5. The first-order valence-electron chi connectivity index (χ1n) is 9.73. The number of hydrogen-bond donors (Lipinski definition) is 1. The van der Waals surface area contributed by atoms with Gasteiger partial charge < -0.3 is 14.5 Å². The number of hydrogen-bond acceptors (Lipinski definition) is 4. The van der Waals surface area contributed by atoms with Crippen LogP contribution in [0.1, 0.15) is 33.0 Å². The first-order chi connectivity index (χ1) is 14.6. The van der Waals surface area contributed by atoms with Crippen LogP contribution in [0.2, 0.25) is 0 Å². The summed E-state index contributed by atoms with van der Waals surface area (Å²) in [6, 6.07) is 19.4. The van der Waals surface area contributed by atoms with Crippen molar-refractivity contribution in [3.63, 3.8) is 0 Å². The topological polar surface area (TPSA) is 69.3 Å². The fourth-order valence-corrected chi connectivity index (χ4v) is 3.07. The molecule has 6 nitrogen and oxygen atoms in total. The molecule has 30 heavy (non-hydrogen) atoms. The lowest BCUT2D eigenvalue weighted by Crippen LogP contribution is -2.10. The molecule has 0 unspecified atom stereocenters. The first kappa shape index (κ1) is 19.5. The van der Waals surface area contributed by atoms with Gasteiger partial charge in [-0.25, -0.2) is 0 Å². The highest BCUT2D eigenvalue weighted by Gasteiger charge is 2.13. The Labute approximate surface area is 175 Å². The first-order valence-corrected chi connectivity index (χ1v) is 9.73. The molecule has 1 amide bonds. The molecule has 0 fully saturated rings. The zero-order valence-electron chi connectivity index (χ0n) is 17.0. The molecule has 2 aromatic carbocycles. The molecule has 152 valence electrons. The second kappa shape index (κ2) is 8.69. The van der Waals surface area contributed by atoms with E-state index in [1.807, 2.05) is 62.4 Å². The van der Waals surface area contributed by atoms with Gasteiger partial charge in [0.15, 0.2) is 5.76 Å². The van der Waals surface area contributed by atoms with E-state index in [0.29, 0.717) is 18.0 Å². The lowest BCUT2D eigenvalue weighted by molar-refractivity contribution is 0.0992. The number of carbonyl (C=O) groups excluding carboxylic acids is 1. The van der Waals surface area contributed by atoms with E-state index in [1.54, 1.807) is 29.2 Å². The number of carbonyl (C=O) groups is 1. The number of anilines is 1. The number of furan rings is 1. The summed E-state index contributed by atoms with van der Waals surface area (Å²) in [4.78, 5) is 12.5. The van der Waals surface area contributed by atoms with Gasteiger partial charge in [-0.05, 0) is 48.7 Å². The lowest BCUT2D eigenvalue weighted by Gasteiger charge is -2.08. The Morgan fingerprint density at radius 3 is 2.77 bits per heavy atom. The molecule has 0 atom stereocenters. The van der Waals surface area contributed by atoms with Crippen molar-refractivity contribution in [1.82, 2.24) is 9.78 Å². The van der Waals surface area contributed by atoms with Gasteiger partial charge in [-0.3, -0.25) is 9.48 Å². The molecule has 0 radical (unpaired) electrons. The Bertz CT molecular complexity index is 1150. The summed E-state index contributed by atoms with van der Waals surface area (Å²) in [5.41, 5.74) is 3.93. The Balaban J connectivity index is 1.34. The van der Waals surface area contributed by atoms with Crippen molar-refractivity contribution in [2.24, 2.45) is 0 Å². The third-order valence-corrected chi connectivity index (χ3v) is 4.68. The number of benzene rings is 2. The molecule has 0 aliphatic rings. The average molecular weight is 401 g/mol. The maximum Gasteiger partial charge on any atom is 0.291 e. The van der Waals surface area contributed by atoms with E-state index in [2.05, 4.69) is 10.4 Å². The van der Waals surface area contributed by atoms with E-state index in [9.17, 15) is 4.79 Å². The molecule has 4 aromatic rings. The van der Waals surface area contributed by atoms with E-state index in [0.717, 1.165) is 22.4 Å². The summed E-state index contributed by atoms with van der Waals surface area (Å²) in [6.45, 7) is 4.90. The summed E-state index contributed by atoms with van der Waals surface area (Å²) in [5.74, 6) is 1.29. The monoisotopic (exact) mass is 401 g/mol. The minimum atomic E-state index is -0.327. The minimum absolute atomic E-state index is 0.227. The van der Waals surface area contributed by atoms with E-state index in [4.69, 9.17) is 9.15 Å². The van der Waals surface area contributed by atoms with Crippen molar-refractivity contribution in [2.75, 3.05) is 5.32 Å². The predicted molar refractivity (Wildman–Crippen MR) is 115 cm³/mol. The van der Waals surface area contributed by atoms with Crippen molar-refractivity contribution in [2.45, 2.75) is 27.0 Å². The minimum Gasteiger partial charge on any atom is -0.485 e. The lowest BCUT2D eigenvalue weighted by atomic mass is 10.1. The van der Waals surface area contributed by atoms with Crippen LogP contribution in [0, 0.1) is 13.8 Å². The molecule has 0 aliphatic heterocycles. The predicted octanol–water partition coefficient (Wildman–Crippen LogP) is 4.97. The van der Waals surface area contributed by atoms with Crippen molar-refractivity contribution in [1.29, 1.82) is 0 Å². The van der Waals surface area contributed by atoms with Crippen LogP contribution in [0.25, 0.3) is 0 Å². The number of rotatable bonds is 7. The highest BCUT2D eigenvalue weighted by Crippen LogP contribution is 2.21. The third-order valence-electron chi connectivity index (χ3n) is 4.68. The summed E-state index contributed by atoms with van der Waals surface area (Å²) in [6.07, 6.45) is 3.41. The van der Waals surface area contributed by atoms with Crippen molar-refractivity contribution >= 4 is 11.6 Å². The molecule has 1 N–H and O–H groups in total. The average Bonchev–Trinajstić information content (AvgIpc) is 3.39. The Morgan fingerprint density at radius 1 is 1.10 bits per heavy atom. The molecule has 0 spiro atoms. The number of amides is 1. The van der Waals surface area contributed by atoms with Gasteiger partial charge in [0, 0.05) is 6.20 Å². The number of aryl methyl sites for hydroxylation is 2. The Kier molecular flexibility index (Phi) is 5.66. The molecular formula is C24H23N3O3. The van der Waals surface area contributed by atoms with Gasteiger partial charge in [0.05, 0.1) is 18.4 Å². The zero-order valence-corrected chi connectivity index (χ0v) is 17.0. The quantitative estimate of drug-likeness (QED) is 0.475. The Hall–Kier alpha value is -3.80. The summed E-state index contributed by atoms with van der Waals surface area (Å²) >= 11 is 0. The van der Waals surface area contributed by atoms with E-state index in [1.165, 1.54) is 0 Å². The third kappa shape index (κ3) is 4.78. The molecule has 2 heterocycles. The van der Waals surface area contributed by atoms with Gasteiger partial charge >= 0.3 is 0 Å². The van der Waals surface area contributed by atoms with Gasteiger partial charge in [0.25, 0.3) is 5.91 Å². The molecule has 0 aliphatic carbocycles. The number of nitrogens with zero attached hydrogens (tertiary/aromatic N) is 2. The van der Waals surface area contributed by atoms with Gasteiger partial charge in [-0.1, -0.05) is 42.5 Å². The van der Waals surface area contributed by atoms with Gasteiger partial charge in [-0.2, -0.15) is 5.10 Å². The van der Waals surface area contributed by atoms with Crippen LogP contribution in [0.15, 0.2) is 77.5 Å². The molecule has 4 rings (SSSR count). The van der Waals surface area contributed by atoms with E-state index < -0.39 is 0 Å². The fraction of sp³-hybridized carbons (Fsp3) is 0.167. The van der Waals surface area contributed by atoms with Crippen LogP contribution < -0.4 is 10.1 Å². The normalized spacial score (nSPS) is 10.7. The van der Waals surface area contributed by atoms with Crippen LogP contribution in [0.5, 0.6) is 5.75 Å². The zero-order chi connectivity index (χ0) is 20.9. The molecule has 0 saturated heterocycles.